The molecule has 1 unspecified atom stereocenters. The van der Waals surface area contributed by atoms with E-state index >= 15 is 0 Å². The number of para-hydroxylation sites is 1. The van der Waals surface area contributed by atoms with Crippen molar-refractivity contribution in [2.45, 2.75) is 39.3 Å². The van der Waals surface area contributed by atoms with Gasteiger partial charge in [-0.3, -0.25) is 9.69 Å². The molecule has 4 rings (SSSR count). The first kappa shape index (κ1) is 23.3. The molecule has 2 heterocycles. The first-order chi connectivity index (χ1) is 16.0. The van der Waals surface area contributed by atoms with Crippen molar-refractivity contribution in [3.05, 3.63) is 65.0 Å². The Labute approximate surface area is 199 Å². The number of carbonyl (C=O) groups excluding carboxylic acids is 1. The number of ether oxygens (including phenoxy) is 1. The number of piperidine rings is 1. The van der Waals surface area contributed by atoms with Crippen LogP contribution in [-0.4, -0.2) is 46.7 Å². The van der Waals surface area contributed by atoms with Crippen molar-refractivity contribution in [1.29, 1.82) is 0 Å². The SMILES string of the molecule is Cc1ccccc1OCC(C)NC(=O)C1CCN(Cc2nc(-c3ccccc3Cl)no2)CC1. The number of aromatic nitrogens is 2. The monoisotopic (exact) mass is 468 g/mol. The molecule has 0 saturated carbocycles. The van der Waals surface area contributed by atoms with Gasteiger partial charge in [0.05, 0.1) is 17.6 Å². The summed E-state index contributed by atoms with van der Waals surface area (Å²) in [6.45, 7) is 6.59. The van der Waals surface area contributed by atoms with Crippen LogP contribution < -0.4 is 10.1 Å². The van der Waals surface area contributed by atoms with Gasteiger partial charge in [0.2, 0.25) is 17.6 Å². The molecule has 3 aromatic rings. The highest BCUT2D eigenvalue weighted by molar-refractivity contribution is 6.33. The van der Waals surface area contributed by atoms with Gasteiger partial charge in [0, 0.05) is 11.5 Å². The highest BCUT2D eigenvalue weighted by atomic mass is 35.5. The van der Waals surface area contributed by atoms with Crippen molar-refractivity contribution < 1.29 is 14.1 Å². The molecule has 7 nitrogen and oxygen atoms in total. The summed E-state index contributed by atoms with van der Waals surface area (Å²) in [7, 11) is 0. The summed E-state index contributed by atoms with van der Waals surface area (Å²) < 4.78 is 11.3. The molecule has 1 aliphatic rings. The van der Waals surface area contributed by atoms with Crippen LogP contribution in [0.15, 0.2) is 53.1 Å². The Hall–Kier alpha value is -2.90. The Morgan fingerprint density at radius 2 is 1.94 bits per heavy atom. The molecule has 8 heteroatoms. The molecule has 1 N–H and O–H groups in total. The lowest BCUT2D eigenvalue weighted by atomic mass is 9.95. The summed E-state index contributed by atoms with van der Waals surface area (Å²) in [5, 5.41) is 7.75. The van der Waals surface area contributed by atoms with Gasteiger partial charge in [0.25, 0.3) is 0 Å². The predicted octanol–water partition coefficient (Wildman–Crippen LogP) is 4.49. The van der Waals surface area contributed by atoms with E-state index in [1.807, 2.05) is 56.3 Å². The van der Waals surface area contributed by atoms with E-state index in [9.17, 15) is 4.79 Å². The number of halogens is 1. The number of nitrogens with zero attached hydrogens (tertiary/aromatic N) is 3. The van der Waals surface area contributed by atoms with Crippen LogP contribution in [0.4, 0.5) is 0 Å². The molecule has 2 aromatic carbocycles. The van der Waals surface area contributed by atoms with Gasteiger partial charge in [-0.15, -0.1) is 0 Å². The number of aryl methyl sites for hydroxylation is 1. The van der Waals surface area contributed by atoms with Crippen molar-refractivity contribution in [2.24, 2.45) is 5.92 Å². The quantitative estimate of drug-likeness (QED) is 0.524. The maximum absolute atomic E-state index is 12.7. The van der Waals surface area contributed by atoms with E-state index < -0.39 is 0 Å². The zero-order valence-electron chi connectivity index (χ0n) is 19.0. The second-order valence-corrected chi connectivity index (χ2v) is 8.94. The predicted molar refractivity (Wildman–Crippen MR) is 127 cm³/mol. The van der Waals surface area contributed by atoms with Crippen LogP contribution in [0, 0.1) is 12.8 Å². The van der Waals surface area contributed by atoms with Crippen LogP contribution >= 0.6 is 11.6 Å². The first-order valence-electron chi connectivity index (χ1n) is 11.3. The summed E-state index contributed by atoms with van der Waals surface area (Å²) in [5.74, 6) is 1.99. The molecule has 0 aliphatic carbocycles. The van der Waals surface area contributed by atoms with E-state index in [-0.39, 0.29) is 17.9 Å². The number of carbonyl (C=O) groups is 1. The van der Waals surface area contributed by atoms with E-state index in [0.29, 0.717) is 29.9 Å². The minimum Gasteiger partial charge on any atom is -0.491 e. The van der Waals surface area contributed by atoms with Gasteiger partial charge in [-0.25, -0.2) is 0 Å². The first-order valence-corrected chi connectivity index (χ1v) is 11.7. The zero-order valence-corrected chi connectivity index (χ0v) is 19.7. The molecule has 1 atom stereocenters. The fraction of sp³-hybridized carbons (Fsp3) is 0.400. The largest absolute Gasteiger partial charge is 0.491 e. The van der Waals surface area contributed by atoms with Gasteiger partial charge in [-0.1, -0.05) is 47.1 Å². The summed E-state index contributed by atoms with van der Waals surface area (Å²) in [4.78, 5) is 19.4. The Balaban J connectivity index is 1.21. The van der Waals surface area contributed by atoms with Crippen LogP contribution in [0.1, 0.15) is 31.2 Å². The number of hydrogen-bond acceptors (Lipinski definition) is 6. The lowest BCUT2D eigenvalue weighted by Crippen LogP contribution is -2.44. The molecule has 1 amide bonds. The number of rotatable bonds is 8. The minimum atomic E-state index is -0.0586. The van der Waals surface area contributed by atoms with Crippen LogP contribution in [0.2, 0.25) is 5.02 Å². The normalized spacial score (nSPS) is 15.8. The fourth-order valence-electron chi connectivity index (χ4n) is 3.95. The van der Waals surface area contributed by atoms with Crippen LogP contribution in [0.25, 0.3) is 11.4 Å². The molecule has 1 aliphatic heterocycles. The Kier molecular flexibility index (Phi) is 7.62. The molecule has 0 radical (unpaired) electrons. The molecule has 0 bridgehead atoms. The average molecular weight is 469 g/mol. The van der Waals surface area contributed by atoms with Crippen molar-refractivity contribution in [3.63, 3.8) is 0 Å². The van der Waals surface area contributed by atoms with Gasteiger partial charge < -0.3 is 14.6 Å². The second kappa shape index (κ2) is 10.8. The molecule has 1 aromatic heterocycles. The summed E-state index contributed by atoms with van der Waals surface area (Å²) in [6, 6.07) is 15.3. The van der Waals surface area contributed by atoms with E-state index in [1.54, 1.807) is 6.07 Å². The van der Waals surface area contributed by atoms with Gasteiger partial charge in [0.15, 0.2) is 0 Å². The second-order valence-electron chi connectivity index (χ2n) is 8.53. The summed E-state index contributed by atoms with van der Waals surface area (Å²) in [5.41, 5.74) is 1.84. The van der Waals surface area contributed by atoms with E-state index in [0.717, 1.165) is 42.8 Å². The van der Waals surface area contributed by atoms with Crippen LogP contribution in [-0.2, 0) is 11.3 Å². The highest BCUT2D eigenvalue weighted by Gasteiger charge is 2.27. The summed E-state index contributed by atoms with van der Waals surface area (Å²) in [6.07, 6.45) is 1.59. The minimum absolute atomic E-state index is 0.00327. The summed E-state index contributed by atoms with van der Waals surface area (Å²) >= 11 is 6.22. The zero-order chi connectivity index (χ0) is 23.2. The molecule has 1 saturated heterocycles. The number of amides is 1. The average Bonchev–Trinajstić information content (AvgIpc) is 3.27. The molecule has 0 spiro atoms. The standard InChI is InChI=1S/C25H29ClN4O3/c1-17-7-3-6-10-22(17)32-16-18(2)27-25(31)19-11-13-30(14-12-19)15-23-28-24(29-33-23)20-8-4-5-9-21(20)26/h3-10,18-19H,11-16H2,1-2H3,(H,27,31). The molecule has 1 fully saturated rings. The highest BCUT2D eigenvalue weighted by Crippen LogP contribution is 2.26. The lowest BCUT2D eigenvalue weighted by molar-refractivity contribution is -0.127. The van der Waals surface area contributed by atoms with Gasteiger partial charge in [-0.05, 0) is 63.5 Å². The third-order valence-electron chi connectivity index (χ3n) is 5.87. The van der Waals surface area contributed by atoms with E-state index in [4.69, 9.17) is 20.9 Å². The lowest BCUT2D eigenvalue weighted by Gasteiger charge is -2.30. The number of hydrogen-bond donors (Lipinski definition) is 1. The topological polar surface area (TPSA) is 80.5 Å². The van der Waals surface area contributed by atoms with Gasteiger partial charge >= 0.3 is 0 Å². The number of likely N-dealkylation sites (tertiary alicyclic amines) is 1. The molecular weight excluding hydrogens is 440 g/mol. The Morgan fingerprint density at radius 1 is 1.21 bits per heavy atom. The fourth-order valence-corrected chi connectivity index (χ4v) is 4.17. The van der Waals surface area contributed by atoms with Crippen molar-refractivity contribution >= 4 is 17.5 Å². The third kappa shape index (κ3) is 6.12. The van der Waals surface area contributed by atoms with Gasteiger partial charge in [0.1, 0.15) is 12.4 Å². The maximum Gasteiger partial charge on any atom is 0.241 e. The Morgan fingerprint density at radius 3 is 2.70 bits per heavy atom. The number of benzene rings is 2. The third-order valence-corrected chi connectivity index (χ3v) is 6.20. The Bertz CT molecular complexity index is 1080. The van der Waals surface area contributed by atoms with Crippen LogP contribution in [0.3, 0.4) is 0 Å². The van der Waals surface area contributed by atoms with E-state index in [1.165, 1.54) is 0 Å². The molecule has 33 heavy (non-hydrogen) atoms. The van der Waals surface area contributed by atoms with Crippen molar-refractivity contribution in [3.8, 4) is 17.1 Å². The van der Waals surface area contributed by atoms with E-state index in [2.05, 4.69) is 20.4 Å². The van der Waals surface area contributed by atoms with Crippen LogP contribution in [0.5, 0.6) is 5.75 Å². The number of nitrogens with one attached hydrogen (secondary N) is 1. The van der Waals surface area contributed by atoms with Crippen molar-refractivity contribution in [1.82, 2.24) is 20.4 Å². The van der Waals surface area contributed by atoms with Gasteiger partial charge in [-0.2, -0.15) is 4.98 Å². The smallest absolute Gasteiger partial charge is 0.241 e. The maximum atomic E-state index is 12.7. The molecule has 174 valence electrons. The van der Waals surface area contributed by atoms with Crippen molar-refractivity contribution in [2.75, 3.05) is 19.7 Å². The molecular formula is C25H29ClN4O3.